The van der Waals surface area contributed by atoms with Gasteiger partial charge in [0.15, 0.2) is 6.20 Å². The lowest BCUT2D eigenvalue weighted by atomic mass is 9.96. The molecule has 2 heterocycles. The lowest BCUT2D eigenvalue weighted by Gasteiger charge is -2.31. The Morgan fingerprint density at radius 3 is 2.56 bits per heavy atom. The van der Waals surface area contributed by atoms with E-state index in [2.05, 4.69) is 110 Å². The highest BCUT2D eigenvalue weighted by atomic mass is 15.1. The number of benzene rings is 2. The number of anilines is 1. The first kappa shape index (κ1) is 15.6. The average Bonchev–Trinajstić information content (AvgIpc) is 2.64. The smallest absolute Gasteiger partial charge is 0.212 e. The summed E-state index contributed by atoms with van der Waals surface area (Å²) >= 11 is 0. The molecule has 2 heteroatoms. The molecular weight excluding hydrogens is 304 g/mol. The summed E-state index contributed by atoms with van der Waals surface area (Å²) in [5, 5.41) is 1.28. The van der Waals surface area contributed by atoms with Gasteiger partial charge in [0.1, 0.15) is 7.05 Å². The molecule has 0 spiro atoms. The second-order valence-corrected chi connectivity index (χ2v) is 6.83. The van der Waals surface area contributed by atoms with Gasteiger partial charge >= 0.3 is 0 Å². The Hall–Kier alpha value is -2.87. The average molecular weight is 327 g/mol. The van der Waals surface area contributed by atoms with Gasteiger partial charge in [0.25, 0.3) is 0 Å². The van der Waals surface area contributed by atoms with Gasteiger partial charge in [-0.05, 0) is 49.3 Å². The van der Waals surface area contributed by atoms with Crippen LogP contribution >= 0.6 is 0 Å². The third-order valence-corrected chi connectivity index (χ3v) is 4.85. The van der Waals surface area contributed by atoms with E-state index in [4.69, 9.17) is 0 Å². The Morgan fingerprint density at radius 2 is 1.72 bits per heavy atom. The minimum Gasteiger partial charge on any atom is -0.345 e. The second kappa shape index (κ2) is 6.21. The molecule has 25 heavy (non-hydrogen) atoms. The molecule has 0 bridgehead atoms. The summed E-state index contributed by atoms with van der Waals surface area (Å²) in [4.78, 5) is 2.33. The molecule has 0 unspecified atom stereocenters. The van der Waals surface area contributed by atoms with Crippen molar-refractivity contribution in [2.45, 2.75) is 19.9 Å². The van der Waals surface area contributed by atoms with Crippen LogP contribution in [0, 0.1) is 0 Å². The Bertz CT molecular complexity index is 996. The molecule has 0 saturated carbocycles. The molecule has 0 atom stereocenters. The molecule has 0 saturated heterocycles. The first-order valence-electron chi connectivity index (χ1n) is 8.80. The second-order valence-electron chi connectivity index (χ2n) is 6.83. The molecule has 2 nitrogen and oxygen atoms in total. The molecule has 0 fully saturated rings. The maximum absolute atomic E-state index is 2.33. The van der Waals surface area contributed by atoms with Gasteiger partial charge in [-0.25, -0.2) is 4.57 Å². The largest absolute Gasteiger partial charge is 0.345 e. The van der Waals surface area contributed by atoms with Crippen LogP contribution in [0.3, 0.4) is 0 Å². The number of hydrogen-bond acceptors (Lipinski definition) is 1. The number of fused-ring (bicyclic) bond motifs is 2. The van der Waals surface area contributed by atoms with Crippen LogP contribution in [0.1, 0.15) is 25.0 Å². The predicted octanol–water partition coefficient (Wildman–Crippen LogP) is 4.95. The number of allylic oxidation sites excluding steroid dienone is 2. The molecule has 0 N–H and O–H groups in total. The van der Waals surface area contributed by atoms with Crippen molar-refractivity contribution in [1.29, 1.82) is 0 Å². The summed E-state index contributed by atoms with van der Waals surface area (Å²) in [5.74, 6) is 0. The van der Waals surface area contributed by atoms with E-state index in [-0.39, 0.29) is 0 Å². The minimum absolute atomic E-state index is 0.440. The lowest BCUT2D eigenvalue weighted by molar-refractivity contribution is -0.644. The molecule has 124 valence electrons. The molecule has 1 aromatic heterocycles. The zero-order valence-corrected chi connectivity index (χ0v) is 15.0. The molecule has 2 aromatic carbocycles. The molecule has 1 aliphatic heterocycles. The third kappa shape index (κ3) is 2.74. The van der Waals surface area contributed by atoms with Gasteiger partial charge < -0.3 is 4.90 Å². The molecule has 0 radical (unpaired) electrons. The van der Waals surface area contributed by atoms with E-state index < -0.39 is 0 Å². The van der Waals surface area contributed by atoms with Gasteiger partial charge in [-0.2, -0.15) is 0 Å². The number of rotatable bonds is 2. The number of aryl methyl sites for hydroxylation is 1. The number of nitrogens with zero attached hydrogens (tertiary/aromatic N) is 2. The van der Waals surface area contributed by atoms with Crippen LogP contribution in [0.4, 0.5) is 5.69 Å². The molecule has 4 rings (SSSR count). The van der Waals surface area contributed by atoms with E-state index in [9.17, 15) is 0 Å². The standard InChI is InChI=1S/C23H23N2/c1-17(2)25-15-13-19(21-9-5-7-11-23(21)25)16-18-12-14-24(3)22-10-6-4-8-20(18)22/h4-17H,1-3H3/q+1. The molecule has 0 amide bonds. The zero-order chi connectivity index (χ0) is 17.4. The summed E-state index contributed by atoms with van der Waals surface area (Å²) in [6.45, 7) is 4.45. The summed E-state index contributed by atoms with van der Waals surface area (Å²) < 4.78 is 2.17. The first-order valence-corrected chi connectivity index (χ1v) is 8.80. The molecule has 3 aromatic rings. The SMILES string of the molecule is CC(C)N1C=CC(=Cc2cc[n+](C)c3ccccc23)c2ccccc21. The molecule has 0 aliphatic carbocycles. The lowest BCUT2D eigenvalue weighted by Crippen LogP contribution is -2.28. The van der Waals surface area contributed by atoms with Crippen LogP contribution in [0.5, 0.6) is 0 Å². The van der Waals surface area contributed by atoms with Crippen molar-refractivity contribution in [2.24, 2.45) is 7.05 Å². The Balaban J connectivity index is 1.89. The van der Waals surface area contributed by atoms with Crippen molar-refractivity contribution < 1.29 is 4.57 Å². The van der Waals surface area contributed by atoms with Crippen molar-refractivity contribution in [3.8, 4) is 0 Å². The fourth-order valence-electron chi connectivity index (χ4n) is 3.53. The highest BCUT2D eigenvalue weighted by molar-refractivity contribution is 5.99. The van der Waals surface area contributed by atoms with E-state index >= 15 is 0 Å². The van der Waals surface area contributed by atoms with Crippen molar-refractivity contribution in [1.82, 2.24) is 0 Å². The van der Waals surface area contributed by atoms with E-state index in [1.807, 2.05) is 0 Å². The fraction of sp³-hybridized carbons (Fsp3) is 0.174. The van der Waals surface area contributed by atoms with Gasteiger partial charge in [-0.1, -0.05) is 30.3 Å². The van der Waals surface area contributed by atoms with E-state index in [0.29, 0.717) is 6.04 Å². The summed E-state index contributed by atoms with van der Waals surface area (Å²) in [6.07, 6.45) is 8.86. The van der Waals surface area contributed by atoms with Crippen LogP contribution in [-0.2, 0) is 7.05 Å². The predicted molar refractivity (Wildman–Crippen MR) is 106 cm³/mol. The summed E-state index contributed by atoms with van der Waals surface area (Å²) in [6, 6.07) is 19.8. The Morgan fingerprint density at radius 1 is 0.960 bits per heavy atom. The van der Waals surface area contributed by atoms with E-state index in [0.717, 1.165) is 0 Å². The van der Waals surface area contributed by atoms with Crippen LogP contribution < -0.4 is 9.47 Å². The monoisotopic (exact) mass is 327 g/mol. The maximum atomic E-state index is 2.33. The van der Waals surface area contributed by atoms with Gasteiger partial charge in [0.05, 0.1) is 5.39 Å². The highest BCUT2D eigenvalue weighted by Gasteiger charge is 2.18. The van der Waals surface area contributed by atoms with Gasteiger partial charge in [-0.15, -0.1) is 0 Å². The van der Waals surface area contributed by atoms with Crippen molar-refractivity contribution in [3.63, 3.8) is 0 Å². The zero-order valence-electron chi connectivity index (χ0n) is 15.0. The Labute approximate surface area is 149 Å². The van der Waals surface area contributed by atoms with Crippen LogP contribution in [-0.4, -0.2) is 6.04 Å². The number of para-hydroxylation sites is 2. The summed E-state index contributed by atoms with van der Waals surface area (Å²) in [7, 11) is 2.09. The maximum Gasteiger partial charge on any atom is 0.212 e. The first-order chi connectivity index (χ1) is 12.1. The normalized spacial score (nSPS) is 15.2. The van der Waals surface area contributed by atoms with Gasteiger partial charge in [0, 0.05) is 35.6 Å². The Kier molecular flexibility index (Phi) is 3.89. The third-order valence-electron chi connectivity index (χ3n) is 4.85. The number of pyridine rings is 1. The minimum atomic E-state index is 0.440. The van der Waals surface area contributed by atoms with Crippen LogP contribution in [0.2, 0.25) is 0 Å². The van der Waals surface area contributed by atoms with Gasteiger partial charge in [-0.3, -0.25) is 0 Å². The fourth-order valence-corrected chi connectivity index (χ4v) is 3.53. The van der Waals surface area contributed by atoms with Crippen molar-refractivity contribution >= 4 is 28.2 Å². The quantitative estimate of drug-likeness (QED) is 0.604. The molecular formula is C23H23N2+. The summed E-state index contributed by atoms with van der Waals surface area (Å²) in [5.41, 5.74) is 6.31. The van der Waals surface area contributed by atoms with Crippen molar-refractivity contribution in [3.05, 3.63) is 84.2 Å². The van der Waals surface area contributed by atoms with Crippen molar-refractivity contribution in [2.75, 3.05) is 4.90 Å². The topological polar surface area (TPSA) is 7.12 Å². The van der Waals surface area contributed by atoms with Crippen LogP contribution in [0.15, 0.2) is 73.1 Å². The van der Waals surface area contributed by atoms with E-state index in [1.54, 1.807) is 0 Å². The van der Waals surface area contributed by atoms with Crippen LogP contribution in [0.25, 0.3) is 22.6 Å². The van der Waals surface area contributed by atoms with E-state index in [1.165, 1.54) is 33.3 Å². The molecule has 1 aliphatic rings. The number of aromatic nitrogens is 1. The highest BCUT2D eigenvalue weighted by Crippen LogP contribution is 2.35. The van der Waals surface area contributed by atoms with Gasteiger partial charge in [0.2, 0.25) is 5.52 Å². The number of hydrogen-bond donors (Lipinski definition) is 0.